The Morgan fingerprint density at radius 1 is 1.12 bits per heavy atom. The van der Waals surface area contributed by atoms with Crippen LogP contribution in [-0.2, 0) is 12.0 Å². The lowest BCUT2D eigenvalue weighted by atomic mass is 9.84. The summed E-state index contributed by atoms with van der Waals surface area (Å²) in [5, 5.41) is 22.9. The number of benzene rings is 2. The number of allylic oxidation sites excluding steroid dienone is 4. The van der Waals surface area contributed by atoms with E-state index in [1.165, 1.54) is 28.8 Å². The summed E-state index contributed by atoms with van der Waals surface area (Å²) in [7, 11) is 4.06. The quantitative estimate of drug-likeness (QED) is 0.420. The van der Waals surface area contributed by atoms with Gasteiger partial charge in [0, 0.05) is 28.7 Å². The van der Waals surface area contributed by atoms with Crippen LogP contribution >= 0.6 is 11.8 Å². The molecule has 0 saturated heterocycles. The Morgan fingerprint density at radius 2 is 1.88 bits per heavy atom. The fraction of sp³-hybridized carbons (Fsp3) is 0.240. The molecule has 2 aromatic carbocycles. The zero-order chi connectivity index (χ0) is 23.0. The number of phenolic OH excluding ortho intramolecular Hbond substituents is 1. The molecule has 1 unspecified atom stereocenters. The highest BCUT2D eigenvalue weighted by Gasteiger charge is 2.45. The molecule has 6 nitrogen and oxygen atoms in total. The number of hydrogen-bond acceptors (Lipinski definition) is 4. The molecule has 0 saturated carbocycles. The van der Waals surface area contributed by atoms with Gasteiger partial charge in [-0.1, -0.05) is 18.2 Å². The summed E-state index contributed by atoms with van der Waals surface area (Å²) in [5.74, 6) is 0.0718. The maximum absolute atomic E-state index is 11.3. The van der Waals surface area contributed by atoms with Crippen molar-refractivity contribution in [3.8, 4) is 5.75 Å². The van der Waals surface area contributed by atoms with Crippen LogP contribution in [0.3, 0.4) is 0 Å². The van der Waals surface area contributed by atoms with E-state index < -0.39 is 4.92 Å². The van der Waals surface area contributed by atoms with E-state index in [4.69, 9.17) is 0 Å². The smallest absolute Gasteiger partial charge is 0.270 e. The number of para-hydroxylation sites is 1. The molecule has 32 heavy (non-hydrogen) atoms. The molecule has 4 rings (SSSR count). The zero-order valence-electron chi connectivity index (χ0n) is 18.6. The van der Waals surface area contributed by atoms with Crippen molar-refractivity contribution < 1.29 is 19.5 Å². The number of non-ortho nitro benzene ring substituents is 1. The Bertz CT molecular complexity index is 1220. The normalized spacial score (nSPS) is 21.4. The average molecular weight is 450 g/mol. The van der Waals surface area contributed by atoms with E-state index in [-0.39, 0.29) is 16.9 Å². The molecule has 0 amide bonds. The monoisotopic (exact) mass is 449 g/mol. The van der Waals surface area contributed by atoms with E-state index in [1.54, 1.807) is 11.8 Å². The largest absolute Gasteiger partial charge is 0.507 e. The highest BCUT2D eigenvalue weighted by Crippen LogP contribution is 2.39. The number of nitrogens with zero attached hydrogens (tertiary/aromatic N) is 2. The van der Waals surface area contributed by atoms with Crippen LogP contribution < -0.4 is 4.90 Å². The minimum atomic E-state index is -0.427. The van der Waals surface area contributed by atoms with Crippen molar-refractivity contribution in [2.75, 3.05) is 14.1 Å². The highest BCUT2D eigenvalue weighted by atomic mass is 32.2. The van der Waals surface area contributed by atoms with Crippen LogP contribution in [-0.4, -0.2) is 33.7 Å². The molecule has 164 valence electrons. The molecule has 0 fully saturated rings. The average Bonchev–Trinajstić information content (AvgIpc) is 3.30. The van der Waals surface area contributed by atoms with Gasteiger partial charge in [-0.3, -0.25) is 15.0 Å². The van der Waals surface area contributed by atoms with Gasteiger partial charge in [0.1, 0.15) is 37.8 Å². The molecular weight excluding hydrogens is 422 g/mol. The molecule has 7 heteroatoms. The minimum Gasteiger partial charge on any atom is -0.507 e. The van der Waals surface area contributed by atoms with Gasteiger partial charge in [-0.05, 0) is 56.0 Å². The molecule has 0 aromatic heterocycles. The van der Waals surface area contributed by atoms with Crippen LogP contribution in [0.1, 0.15) is 25.0 Å². The van der Waals surface area contributed by atoms with Gasteiger partial charge in [0.05, 0.1) is 15.9 Å². The van der Waals surface area contributed by atoms with Crippen LogP contribution in [0.4, 0.5) is 11.4 Å². The van der Waals surface area contributed by atoms with Crippen LogP contribution in [0.2, 0.25) is 0 Å². The maximum Gasteiger partial charge on any atom is 0.270 e. The lowest BCUT2D eigenvalue weighted by Crippen LogP contribution is -3.03. The van der Waals surface area contributed by atoms with E-state index in [9.17, 15) is 15.2 Å². The van der Waals surface area contributed by atoms with Crippen molar-refractivity contribution in [1.82, 2.24) is 0 Å². The summed E-state index contributed by atoms with van der Waals surface area (Å²) in [6.45, 7) is 4.82. The van der Waals surface area contributed by atoms with E-state index in [1.807, 2.05) is 26.2 Å². The van der Waals surface area contributed by atoms with Gasteiger partial charge in [0.25, 0.3) is 5.69 Å². The van der Waals surface area contributed by atoms with Crippen molar-refractivity contribution >= 4 is 28.2 Å². The number of rotatable bonds is 4. The second kappa shape index (κ2) is 8.41. The van der Waals surface area contributed by atoms with Crippen molar-refractivity contribution in [1.29, 1.82) is 0 Å². The van der Waals surface area contributed by atoms with Crippen LogP contribution in [0, 0.1) is 10.1 Å². The van der Waals surface area contributed by atoms with E-state index in [0.717, 1.165) is 21.2 Å². The lowest BCUT2D eigenvalue weighted by Gasteiger charge is -2.21. The maximum atomic E-state index is 11.3. The highest BCUT2D eigenvalue weighted by molar-refractivity contribution is 8.18. The Labute approximate surface area is 192 Å². The number of quaternary nitrogens is 1. The number of fused-ring (bicyclic) bond motifs is 1. The van der Waals surface area contributed by atoms with Crippen molar-refractivity contribution in [2.45, 2.75) is 25.8 Å². The van der Waals surface area contributed by atoms with Crippen LogP contribution in [0.5, 0.6) is 5.75 Å². The Kier molecular flexibility index (Phi) is 5.79. The topological polar surface area (TPSA) is 70.8 Å². The fourth-order valence-corrected chi connectivity index (χ4v) is 5.15. The lowest BCUT2D eigenvalue weighted by molar-refractivity contribution is -0.804. The van der Waals surface area contributed by atoms with Gasteiger partial charge < -0.3 is 5.11 Å². The van der Waals surface area contributed by atoms with Gasteiger partial charge in [0.2, 0.25) is 5.04 Å². The first-order valence-electron chi connectivity index (χ1n) is 10.4. The first-order chi connectivity index (χ1) is 15.2. The number of aromatic hydroxyl groups is 1. The van der Waals surface area contributed by atoms with Gasteiger partial charge in [-0.15, -0.1) is 0 Å². The third-order valence-corrected chi connectivity index (χ3v) is 7.25. The van der Waals surface area contributed by atoms with Gasteiger partial charge in [0.15, 0.2) is 0 Å². The van der Waals surface area contributed by atoms with E-state index in [0.29, 0.717) is 12.1 Å². The summed E-state index contributed by atoms with van der Waals surface area (Å²) < 4.78 is 2.09. The molecule has 0 radical (unpaired) electrons. The van der Waals surface area contributed by atoms with Crippen molar-refractivity contribution in [3.05, 3.63) is 98.6 Å². The molecule has 0 bridgehead atoms. The standard InChI is InChI=1S/C25H25N3O3S/c1-25(2)20-7-5-6-8-21(20)27(16-17-15-18(28(30)31)9-12-22(17)29)23(25)13-10-19-11-14-24(32-19)26(3)4/h5-15H,16H2,1-4H3/p+2. The summed E-state index contributed by atoms with van der Waals surface area (Å²) >= 11 is 1.72. The molecule has 0 aliphatic carbocycles. The Hall–Kier alpha value is -3.16. The molecule has 2 heterocycles. The predicted molar refractivity (Wildman–Crippen MR) is 129 cm³/mol. The first-order valence-corrected chi connectivity index (χ1v) is 11.2. The molecule has 2 N–H and O–H groups in total. The van der Waals surface area contributed by atoms with Gasteiger partial charge >= 0.3 is 0 Å². The van der Waals surface area contributed by atoms with Crippen LogP contribution in [0.15, 0.2) is 77.4 Å². The predicted octanol–water partition coefficient (Wildman–Crippen LogP) is 4.05. The Morgan fingerprint density at radius 3 is 2.56 bits per heavy atom. The third-order valence-electron chi connectivity index (χ3n) is 6.03. The summed E-state index contributed by atoms with van der Waals surface area (Å²) in [6, 6.07) is 12.5. The number of nitro groups is 1. The van der Waals surface area contributed by atoms with Gasteiger partial charge in [-0.25, -0.2) is 4.58 Å². The fourth-order valence-electron chi connectivity index (χ4n) is 4.31. The number of phenols is 1. The summed E-state index contributed by atoms with van der Waals surface area (Å²) in [4.78, 5) is 13.1. The second-order valence-electron chi connectivity index (χ2n) is 8.71. The molecule has 0 spiro atoms. The van der Waals surface area contributed by atoms with Crippen molar-refractivity contribution in [2.24, 2.45) is 0 Å². The second-order valence-corrected chi connectivity index (χ2v) is 9.81. The third kappa shape index (κ3) is 4.01. The van der Waals surface area contributed by atoms with Crippen LogP contribution in [0.25, 0.3) is 0 Å². The molecule has 2 aromatic rings. The minimum absolute atomic E-state index is 0.0177. The Balaban J connectivity index is 1.77. The summed E-state index contributed by atoms with van der Waals surface area (Å²) in [5.41, 5.74) is 3.82. The molecule has 1 atom stereocenters. The molecule has 2 aliphatic heterocycles. The number of thioether (sulfide) groups is 1. The molecule has 2 aliphatic rings. The van der Waals surface area contributed by atoms with Crippen molar-refractivity contribution in [3.63, 3.8) is 0 Å². The molecular formula is C25H27N3O3S+2. The zero-order valence-corrected chi connectivity index (χ0v) is 19.4. The van der Waals surface area contributed by atoms with E-state index in [2.05, 4.69) is 54.9 Å². The van der Waals surface area contributed by atoms with E-state index >= 15 is 0 Å². The number of nitrogens with one attached hydrogen (secondary N) is 1. The first kappa shape index (κ1) is 22.0. The van der Waals surface area contributed by atoms with Gasteiger partial charge in [-0.2, -0.15) is 0 Å². The number of hydrogen-bond donors (Lipinski definition) is 2. The summed E-state index contributed by atoms with van der Waals surface area (Å²) in [6.07, 6.45) is 8.51. The SMILES string of the molecule is C[N+](C)=C1C=CC(=CC=C2[NH+](Cc3cc([N+](=O)[O-])ccc3O)c3ccccc3C2(C)C)S1. The number of nitro benzene ring substituents is 1.